The maximum Gasteiger partial charge on any atom is 0.433 e. The van der Waals surface area contributed by atoms with Gasteiger partial charge in [0.1, 0.15) is 23.2 Å². The molecule has 32 heavy (non-hydrogen) atoms. The van der Waals surface area contributed by atoms with Crippen molar-refractivity contribution >= 4 is 22.5 Å². The van der Waals surface area contributed by atoms with E-state index in [1.54, 1.807) is 26.2 Å². The third kappa shape index (κ3) is 5.67. The van der Waals surface area contributed by atoms with Crippen molar-refractivity contribution in [3.8, 4) is 11.5 Å². The van der Waals surface area contributed by atoms with E-state index >= 15 is 0 Å². The molecule has 0 bridgehead atoms. The predicted octanol–water partition coefficient (Wildman–Crippen LogP) is 3.97. The zero-order valence-electron chi connectivity index (χ0n) is 17.9. The molecule has 2 heterocycles. The Balaban J connectivity index is 1.91. The lowest BCUT2D eigenvalue weighted by Crippen LogP contribution is -2.12. The normalized spacial score (nSPS) is 11.6. The summed E-state index contributed by atoms with van der Waals surface area (Å²) in [6.07, 6.45) is -3.90. The third-order valence-electron chi connectivity index (χ3n) is 4.50. The second-order valence-electron chi connectivity index (χ2n) is 6.97. The molecule has 3 rings (SSSR count). The summed E-state index contributed by atoms with van der Waals surface area (Å²) in [7, 11) is 3.14. The molecule has 0 atom stereocenters. The molecular weight excluding hydrogens is 427 g/mol. The van der Waals surface area contributed by atoms with Gasteiger partial charge in [0.25, 0.3) is 0 Å². The quantitative estimate of drug-likeness (QED) is 0.471. The van der Waals surface area contributed by atoms with Crippen LogP contribution in [0.2, 0.25) is 0 Å². The highest BCUT2D eigenvalue weighted by molar-refractivity contribution is 5.91. The van der Waals surface area contributed by atoms with E-state index in [4.69, 9.17) is 19.9 Å². The van der Waals surface area contributed by atoms with Gasteiger partial charge >= 0.3 is 6.18 Å². The van der Waals surface area contributed by atoms with Crippen molar-refractivity contribution < 1.29 is 27.4 Å². The van der Waals surface area contributed by atoms with Crippen LogP contribution in [-0.2, 0) is 17.5 Å². The zero-order valence-corrected chi connectivity index (χ0v) is 17.9. The summed E-state index contributed by atoms with van der Waals surface area (Å²) in [6.45, 7) is 2.75. The van der Waals surface area contributed by atoms with Crippen molar-refractivity contribution in [2.24, 2.45) is 0 Å². The molecule has 3 aromatic rings. The van der Waals surface area contributed by atoms with Crippen LogP contribution < -0.4 is 20.5 Å². The Hall–Kier alpha value is -3.34. The Bertz CT molecular complexity index is 1090. The number of aryl methyl sites for hydroxylation is 1. The summed E-state index contributed by atoms with van der Waals surface area (Å²) in [5, 5.41) is 3.71. The maximum atomic E-state index is 13.0. The largest absolute Gasteiger partial charge is 0.493 e. The van der Waals surface area contributed by atoms with Crippen LogP contribution in [0.1, 0.15) is 23.5 Å². The molecule has 1 aromatic carbocycles. The van der Waals surface area contributed by atoms with Crippen molar-refractivity contribution in [1.29, 1.82) is 0 Å². The number of nitrogen functional groups attached to an aromatic ring is 1. The second kappa shape index (κ2) is 9.86. The number of hydrogen-bond acceptors (Lipinski definition) is 8. The van der Waals surface area contributed by atoms with Gasteiger partial charge in [-0.2, -0.15) is 13.2 Å². The van der Waals surface area contributed by atoms with Gasteiger partial charge in [-0.05, 0) is 30.7 Å². The fraction of sp³-hybridized carbons (Fsp3) is 0.381. The van der Waals surface area contributed by atoms with E-state index in [0.717, 1.165) is 6.07 Å². The van der Waals surface area contributed by atoms with Crippen LogP contribution in [0.15, 0.2) is 24.3 Å². The van der Waals surface area contributed by atoms with Gasteiger partial charge in [-0.3, -0.25) is 0 Å². The molecule has 3 N–H and O–H groups in total. The monoisotopic (exact) mass is 451 g/mol. The van der Waals surface area contributed by atoms with E-state index in [1.807, 2.05) is 0 Å². The third-order valence-corrected chi connectivity index (χ3v) is 4.50. The molecule has 0 unspecified atom stereocenters. The summed E-state index contributed by atoms with van der Waals surface area (Å²) in [4.78, 5) is 12.2. The SMILES string of the molecule is COCCCOc1cc2c(NCc3cc(N)nc(C(F)(F)F)c3)nc(C)nc2cc1OC. The number of halogens is 3. The summed E-state index contributed by atoms with van der Waals surface area (Å²) < 4.78 is 55.4. The van der Waals surface area contributed by atoms with Crippen LogP contribution in [0.5, 0.6) is 11.5 Å². The Morgan fingerprint density at radius 1 is 1.00 bits per heavy atom. The van der Waals surface area contributed by atoms with Crippen LogP contribution in [0.3, 0.4) is 0 Å². The first-order valence-electron chi connectivity index (χ1n) is 9.77. The smallest absolute Gasteiger partial charge is 0.433 e. The number of pyridine rings is 1. The van der Waals surface area contributed by atoms with Crippen LogP contribution >= 0.6 is 0 Å². The van der Waals surface area contributed by atoms with Gasteiger partial charge < -0.3 is 25.3 Å². The fourth-order valence-corrected chi connectivity index (χ4v) is 3.09. The van der Waals surface area contributed by atoms with Gasteiger partial charge in [0.05, 0.1) is 19.2 Å². The number of nitrogens with zero attached hydrogens (tertiary/aromatic N) is 3. The van der Waals surface area contributed by atoms with E-state index < -0.39 is 11.9 Å². The lowest BCUT2D eigenvalue weighted by atomic mass is 10.2. The molecule has 172 valence electrons. The first kappa shape index (κ1) is 23.3. The van der Waals surface area contributed by atoms with Gasteiger partial charge in [0, 0.05) is 38.1 Å². The molecule has 0 saturated heterocycles. The zero-order chi connectivity index (χ0) is 23.3. The summed E-state index contributed by atoms with van der Waals surface area (Å²) >= 11 is 0. The first-order valence-corrected chi connectivity index (χ1v) is 9.77. The minimum absolute atomic E-state index is 0.0530. The van der Waals surface area contributed by atoms with Gasteiger partial charge in [0.2, 0.25) is 0 Å². The number of alkyl halides is 3. The van der Waals surface area contributed by atoms with E-state index in [0.29, 0.717) is 59.2 Å². The van der Waals surface area contributed by atoms with Gasteiger partial charge in [-0.1, -0.05) is 0 Å². The molecular formula is C21H24F3N5O3. The molecule has 2 aromatic heterocycles. The molecule has 0 amide bonds. The number of nitrogens with one attached hydrogen (secondary N) is 1. The van der Waals surface area contributed by atoms with Crippen molar-refractivity contribution in [2.45, 2.75) is 26.1 Å². The summed E-state index contributed by atoms with van der Waals surface area (Å²) in [5.74, 6) is 1.73. The molecule has 8 nitrogen and oxygen atoms in total. The Morgan fingerprint density at radius 2 is 1.78 bits per heavy atom. The van der Waals surface area contributed by atoms with Gasteiger partial charge in [-0.25, -0.2) is 15.0 Å². The number of benzene rings is 1. The minimum Gasteiger partial charge on any atom is -0.493 e. The van der Waals surface area contributed by atoms with Crippen LogP contribution in [0.25, 0.3) is 10.9 Å². The highest BCUT2D eigenvalue weighted by atomic mass is 19.4. The number of fused-ring (bicyclic) bond motifs is 1. The van der Waals surface area contributed by atoms with E-state index in [-0.39, 0.29) is 12.4 Å². The van der Waals surface area contributed by atoms with Crippen molar-refractivity contribution in [2.75, 3.05) is 38.5 Å². The van der Waals surface area contributed by atoms with Crippen LogP contribution in [0, 0.1) is 6.92 Å². The van der Waals surface area contributed by atoms with Crippen molar-refractivity contribution in [3.05, 3.63) is 41.3 Å². The number of rotatable bonds is 9. The van der Waals surface area contributed by atoms with Gasteiger partial charge in [0.15, 0.2) is 11.5 Å². The fourth-order valence-electron chi connectivity index (χ4n) is 3.09. The lowest BCUT2D eigenvalue weighted by Gasteiger charge is -2.15. The molecule has 0 aliphatic carbocycles. The first-order chi connectivity index (χ1) is 15.2. The molecule has 0 aliphatic heterocycles. The highest BCUT2D eigenvalue weighted by Gasteiger charge is 2.33. The molecule has 0 spiro atoms. The standard InChI is InChI=1S/C21H24F3N5O3/c1-12-27-15-10-16(31-3)17(32-6-4-5-30-2)9-14(15)20(28-12)26-11-13-7-18(21(22,23)24)29-19(25)8-13/h7-10H,4-6,11H2,1-3H3,(H2,25,29)(H,26,27,28). The Kier molecular flexibility index (Phi) is 7.18. The molecule has 0 saturated carbocycles. The highest BCUT2D eigenvalue weighted by Crippen LogP contribution is 2.35. The second-order valence-corrected chi connectivity index (χ2v) is 6.97. The number of nitrogens with two attached hydrogens (primary N) is 1. The van der Waals surface area contributed by atoms with E-state index in [2.05, 4.69) is 20.3 Å². The topological polar surface area (TPSA) is 104 Å². The van der Waals surface area contributed by atoms with Crippen molar-refractivity contribution in [3.63, 3.8) is 0 Å². The predicted molar refractivity (Wildman–Crippen MR) is 114 cm³/mol. The lowest BCUT2D eigenvalue weighted by molar-refractivity contribution is -0.141. The molecule has 11 heteroatoms. The van der Waals surface area contributed by atoms with E-state index in [9.17, 15) is 13.2 Å². The Morgan fingerprint density at radius 3 is 2.47 bits per heavy atom. The number of aromatic nitrogens is 3. The number of ether oxygens (including phenoxy) is 3. The minimum atomic E-state index is -4.59. The summed E-state index contributed by atoms with van der Waals surface area (Å²) in [5.41, 5.74) is 5.43. The number of anilines is 2. The molecule has 0 fully saturated rings. The van der Waals surface area contributed by atoms with Crippen molar-refractivity contribution in [1.82, 2.24) is 15.0 Å². The van der Waals surface area contributed by atoms with E-state index in [1.165, 1.54) is 13.2 Å². The van der Waals surface area contributed by atoms with Crippen LogP contribution in [-0.4, -0.2) is 42.4 Å². The number of hydrogen-bond donors (Lipinski definition) is 2. The maximum absolute atomic E-state index is 13.0. The van der Waals surface area contributed by atoms with Gasteiger partial charge in [-0.15, -0.1) is 0 Å². The molecule has 0 radical (unpaired) electrons. The average molecular weight is 451 g/mol. The van der Waals surface area contributed by atoms with Crippen LogP contribution in [0.4, 0.5) is 24.8 Å². The Labute approximate surface area is 182 Å². The molecule has 0 aliphatic rings. The number of methoxy groups -OCH3 is 2. The summed E-state index contributed by atoms with van der Waals surface area (Å²) in [6, 6.07) is 5.80. The average Bonchev–Trinajstić information content (AvgIpc) is 2.73.